The topological polar surface area (TPSA) is 54.9 Å². The van der Waals surface area contributed by atoms with E-state index in [4.69, 9.17) is 9.47 Å². The Morgan fingerprint density at radius 3 is 2.75 bits per heavy atom. The van der Waals surface area contributed by atoms with Crippen LogP contribution < -0.4 is 15.4 Å². The highest BCUT2D eigenvalue weighted by molar-refractivity contribution is 5.79. The molecule has 0 spiro atoms. The molecule has 2 aromatic rings. The van der Waals surface area contributed by atoms with Crippen LogP contribution >= 0.6 is 0 Å². The average molecular weight is 382 g/mol. The third-order valence-corrected chi connectivity index (χ3v) is 5.02. The molecule has 1 unspecified atom stereocenters. The molecule has 0 aromatic heterocycles. The molecule has 1 aliphatic rings. The van der Waals surface area contributed by atoms with Crippen molar-refractivity contribution in [2.75, 3.05) is 26.8 Å². The first-order valence-corrected chi connectivity index (χ1v) is 9.98. The van der Waals surface area contributed by atoms with E-state index in [1.54, 1.807) is 7.05 Å². The van der Waals surface area contributed by atoms with Crippen LogP contribution in [0.2, 0.25) is 0 Å². The lowest BCUT2D eigenvalue weighted by Gasteiger charge is -2.18. The van der Waals surface area contributed by atoms with Gasteiger partial charge in [0.1, 0.15) is 11.9 Å². The van der Waals surface area contributed by atoms with E-state index in [0.717, 1.165) is 43.3 Å². The van der Waals surface area contributed by atoms with Crippen molar-refractivity contribution in [1.82, 2.24) is 10.6 Å². The number of hydrogen-bond donors (Lipinski definition) is 2. The van der Waals surface area contributed by atoms with E-state index in [2.05, 4.69) is 71.9 Å². The summed E-state index contributed by atoms with van der Waals surface area (Å²) in [5, 5.41) is 6.80. The number of hydrogen-bond acceptors (Lipinski definition) is 3. The highest BCUT2D eigenvalue weighted by atomic mass is 16.5. The molecule has 0 bridgehead atoms. The van der Waals surface area contributed by atoms with E-state index >= 15 is 0 Å². The summed E-state index contributed by atoms with van der Waals surface area (Å²) >= 11 is 0. The van der Waals surface area contributed by atoms with Gasteiger partial charge in [0, 0.05) is 32.1 Å². The van der Waals surface area contributed by atoms with Crippen molar-refractivity contribution < 1.29 is 9.47 Å². The second kappa shape index (κ2) is 10.1. The molecule has 1 atom stereocenters. The number of benzene rings is 2. The number of rotatable bonds is 7. The van der Waals surface area contributed by atoms with Gasteiger partial charge in [0.05, 0.1) is 13.2 Å². The summed E-state index contributed by atoms with van der Waals surface area (Å²) in [6, 6.07) is 14.8. The maximum Gasteiger partial charge on any atom is 0.191 e. The van der Waals surface area contributed by atoms with Crippen molar-refractivity contribution in [2.24, 2.45) is 4.99 Å². The zero-order valence-corrected chi connectivity index (χ0v) is 17.1. The zero-order valence-electron chi connectivity index (χ0n) is 17.1. The fraction of sp³-hybridized carbons (Fsp3) is 0.435. The maximum absolute atomic E-state index is 6.18. The molecule has 0 aliphatic carbocycles. The van der Waals surface area contributed by atoms with Gasteiger partial charge in [-0.25, -0.2) is 0 Å². The van der Waals surface area contributed by atoms with E-state index in [9.17, 15) is 0 Å². The summed E-state index contributed by atoms with van der Waals surface area (Å²) in [5.74, 6) is 1.72. The van der Waals surface area contributed by atoms with Gasteiger partial charge in [-0.3, -0.25) is 4.99 Å². The minimum absolute atomic E-state index is 0.145. The van der Waals surface area contributed by atoms with Crippen molar-refractivity contribution >= 4 is 5.96 Å². The molecule has 1 fully saturated rings. The molecule has 1 heterocycles. The first-order chi connectivity index (χ1) is 13.7. The smallest absolute Gasteiger partial charge is 0.191 e. The molecule has 2 N–H and O–H groups in total. The van der Waals surface area contributed by atoms with Crippen molar-refractivity contribution in [3.63, 3.8) is 0 Å². The Morgan fingerprint density at radius 2 is 2.00 bits per heavy atom. The molecule has 28 heavy (non-hydrogen) atoms. The molecule has 5 heteroatoms. The first-order valence-electron chi connectivity index (χ1n) is 9.98. The lowest BCUT2D eigenvalue weighted by molar-refractivity contribution is 0.140. The molecular weight excluding hydrogens is 350 g/mol. The summed E-state index contributed by atoms with van der Waals surface area (Å²) in [6.45, 7) is 7.18. The van der Waals surface area contributed by atoms with Gasteiger partial charge in [0.2, 0.25) is 0 Å². The largest absolute Gasteiger partial charge is 0.488 e. The van der Waals surface area contributed by atoms with Crippen molar-refractivity contribution in [1.29, 1.82) is 0 Å². The molecule has 5 nitrogen and oxygen atoms in total. The minimum Gasteiger partial charge on any atom is -0.488 e. The molecule has 3 rings (SSSR count). The molecule has 2 aromatic carbocycles. The Bertz CT molecular complexity index is 798. The van der Waals surface area contributed by atoms with E-state index in [0.29, 0.717) is 13.2 Å². The average Bonchev–Trinajstić information content (AvgIpc) is 3.20. The Kier molecular flexibility index (Phi) is 7.31. The number of ether oxygens (including phenoxy) is 2. The van der Waals surface area contributed by atoms with Crippen LogP contribution in [-0.2, 0) is 17.7 Å². The van der Waals surface area contributed by atoms with Crippen LogP contribution in [0.5, 0.6) is 5.75 Å². The van der Waals surface area contributed by atoms with Crippen LogP contribution in [0.25, 0.3) is 0 Å². The number of aryl methyl sites for hydroxylation is 2. The predicted molar refractivity (Wildman–Crippen MR) is 114 cm³/mol. The van der Waals surface area contributed by atoms with Gasteiger partial charge in [-0.15, -0.1) is 0 Å². The van der Waals surface area contributed by atoms with Crippen LogP contribution in [0, 0.1) is 13.8 Å². The predicted octanol–water partition coefficient (Wildman–Crippen LogP) is 3.38. The second-order valence-electron chi connectivity index (χ2n) is 7.24. The Labute approximate surface area is 168 Å². The lowest BCUT2D eigenvalue weighted by atomic mass is 10.1. The minimum atomic E-state index is 0.145. The van der Waals surface area contributed by atoms with Crippen LogP contribution in [0.1, 0.15) is 28.7 Å². The quantitative estimate of drug-likeness (QED) is 0.570. The van der Waals surface area contributed by atoms with Gasteiger partial charge in [0.15, 0.2) is 5.96 Å². The van der Waals surface area contributed by atoms with E-state index < -0.39 is 0 Å². The van der Waals surface area contributed by atoms with Gasteiger partial charge >= 0.3 is 0 Å². The van der Waals surface area contributed by atoms with Crippen LogP contribution in [-0.4, -0.2) is 38.9 Å². The Morgan fingerprint density at radius 1 is 1.14 bits per heavy atom. The first kappa shape index (κ1) is 20.2. The van der Waals surface area contributed by atoms with Gasteiger partial charge in [0.25, 0.3) is 0 Å². The monoisotopic (exact) mass is 381 g/mol. The van der Waals surface area contributed by atoms with Crippen molar-refractivity contribution in [3.8, 4) is 5.75 Å². The molecule has 1 aliphatic heterocycles. The number of nitrogens with one attached hydrogen (secondary N) is 2. The van der Waals surface area contributed by atoms with E-state index in [1.165, 1.54) is 16.7 Å². The van der Waals surface area contributed by atoms with Gasteiger partial charge in [-0.1, -0.05) is 36.4 Å². The van der Waals surface area contributed by atoms with Crippen molar-refractivity contribution in [2.45, 2.75) is 39.3 Å². The van der Waals surface area contributed by atoms with Gasteiger partial charge in [-0.05, 0) is 43.0 Å². The third-order valence-electron chi connectivity index (χ3n) is 5.02. The van der Waals surface area contributed by atoms with Crippen molar-refractivity contribution in [3.05, 3.63) is 64.7 Å². The molecule has 0 radical (unpaired) electrons. The van der Waals surface area contributed by atoms with Crippen LogP contribution in [0.15, 0.2) is 47.5 Å². The Hall–Kier alpha value is -2.53. The fourth-order valence-electron chi connectivity index (χ4n) is 3.31. The summed E-state index contributed by atoms with van der Waals surface area (Å²) < 4.78 is 11.6. The van der Waals surface area contributed by atoms with Crippen LogP contribution in [0.4, 0.5) is 0 Å². The zero-order chi connectivity index (χ0) is 19.8. The summed E-state index contributed by atoms with van der Waals surface area (Å²) in [7, 11) is 1.80. The summed E-state index contributed by atoms with van der Waals surface area (Å²) in [6.07, 6.45) is 2.06. The second-order valence-corrected chi connectivity index (χ2v) is 7.24. The molecule has 1 saturated heterocycles. The molecule has 150 valence electrons. The van der Waals surface area contributed by atoms with E-state index in [-0.39, 0.29) is 6.10 Å². The standard InChI is InChI=1S/C23H31N3O2/c1-17-8-9-20(22(14-17)28-21-11-13-27-16-21)15-26-23(24-3)25-12-10-19-7-5-4-6-18(19)2/h4-9,14,21H,10-13,15-16H2,1-3H3,(H2,24,25,26). The third kappa shape index (κ3) is 5.73. The normalized spacial score (nSPS) is 16.8. The lowest BCUT2D eigenvalue weighted by Crippen LogP contribution is -2.38. The fourth-order valence-corrected chi connectivity index (χ4v) is 3.31. The molecule has 0 saturated carbocycles. The number of guanidine groups is 1. The molecular formula is C23H31N3O2. The highest BCUT2D eigenvalue weighted by Crippen LogP contribution is 2.23. The van der Waals surface area contributed by atoms with E-state index in [1.807, 2.05) is 0 Å². The Balaban J connectivity index is 1.53. The maximum atomic E-state index is 6.18. The molecule has 0 amide bonds. The number of nitrogens with zero attached hydrogens (tertiary/aromatic N) is 1. The highest BCUT2D eigenvalue weighted by Gasteiger charge is 2.18. The number of aliphatic imine (C=N–C) groups is 1. The van der Waals surface area contributed by atoms with Gasteiger partial charge in [-0.2, -0.15) is 0 Å². The summed E-state index contributed by atoms with van der Waals surface area (Å²) in [4.78, 5) is 4.34. The van der Waals surface area contributed by atoms with Crippen LogP contribution in [0.3, 0.4) is 0 Å². The van der Waals surface area contributed by atoms with Gasteiger partial charge < -0.3 is 20.1 Å². The SMILES string of the molecule is CN=C(NCCc1ccccc1C)NCc1ccc(C)cc1OC1CCOC1. The summed E-state index contributed by atoms with van der Waals surface area (Å²) in [5.41, 5.74) is 5.00.